The summed E-state index contributed by atoms with van der Waals surface area (Å²) in [6, 6.07) is 12.5. The van der Waals surface area contributed by atoms with Gasteiger partial charge in [-0.15, -0.1) is 11.3 Å². The molecule has 0 bridgehead atoms. The van der Waals surface area contributed by atoms with Crippen LogP contribution in [0, 0.1) is 5.92 Å². The number of rotatable bonds is 1. The summed E-state index contributed by atoms with van der Waals surface area (Å²) in [6.07, 6.45) is 1.12. The Kier molecular flexibility index (Phi) is 3.08. The molecular formula is C17H17NO2S. The molecule has 0 unspecified atom stereocenters. The van der Waals surface area contributed by atoms with Gasteiger partial charge in [-0.3, -0.25) is 4.79 Å². The molecule has 0 aliphatic carbocycles. The molecule has 2 aromatic rings. The number of nitrogens with zero attached hydrogens (tertiary/aromatic N) is 1. The molecule has 0 saturated carbocycles. The molecule has 0 spiro atoms. The van der Waals surface area contributed by atoms with E-state index in [2.05, 4.69) is 23.6 Å². The topological polar surface area (TPSA) is 29.5 Å². The van der Waals surface area contributed by atoms with Gasteiger partial charge >= 0.3 is 0 Å². The van der Waals surface area contributed by atoms with Crippen LogP contribution in [0.15, 0.2) is 41.8 Å². The van der Waals surface area contributed by atoms with Gasteiger partial charge in [0.05, 0.1) is 17.8 Å². The number of fused-ring (bicyclic) bond motifs is 3. The van der Waals surface area contributed by atoms with Crippen LogP contribution in [0.2, 0.25) is 0 Å². The van der Waals surface area contributed by atoms with Gasteiger partial charge in [0.2, 0.25) is 5.91 Å². The lowest BCUT2D eigenvalue weighted by molar-refractivity contribution is -0.117. The Labute approximate surface area is 128 Å². The molecule has 3 heterocycles. The quantitative estimate of drug-likeness (QED) is 0.798. The minimum absolute atomic E-state index is 0.102. The molecule has 1 saturated heterocycles. The van der Waals surface area contributed by atoms with Crippen LogP contribution in [-0.4, -0.2) is 12.5 Å². The zero-order valence-corrected chi connectivity index (χ0v) is 12.7. The molecule has 108 valence electrons. The van der Waals surface area contributed by atoms with Crippen molar-refractivity contribution in [1.82, 2.24) is 0 Å². The fraction of sp³-hybridized carbons (Fsp3) is 0.353. The summed E-state index contributed by atoms with van der Waals surface area (Å²) in [5.74, 6) is 0.452. The second-order valence-corrected chi connectivity index (χ2v) is 6.63. The van der Waals surface area contributed by atoms with Crippen molar-refractivity contribution < 1.29 is 9.53 Å². The number of hydrogen-bond donors (Lipinski definition) is 0. The number of carbonyl (C=O) groups excluding carboxylic acids is 1. The highest BCUT2D eigenvalue weighted by molar-refractivity contribution is 7.10. The number of carbonyl (C=O) groups is 1. The molecule has 1 fully saturated rings. The SMILES string of the molecule is CC(=O)N1c2ccccc2[C@H]2OCC[C@H]2[C@H]1c1cccs1. The smallest absolute Gasteiger partial charge is 0.224 e. The molecule has 2 aliphatic rings. The van der Waals surface area contributed by atoms with Crippen LogP contribution in [0.3, 0.4) is 0 Å². The van der Waals surface area contributed by atoms with Crippen molar-refractivity contribution in [2.45, 2.75) is 25.5 Å². The summed E-state index contributed by atoms with van der Waals surface area (Å²) >= 11 is 1.72. The molecule has 2 aliphatic heterocycles. The zero-order chi connectivity index (χ0) is 14.4. The fourth-order valence-corrected chi connectivity index (χ4v) is 4.59. The molecule has 1 aromatic carbocycles. The van der Waals surface area contributed by atoms with E-state index in [9.17, 15) is 4.79 Å². The van der Waals surface area contributed by atoms with Gasteiger partial charge in [0.25, 0.3) is 0 Å². The first-order valence-corrected chi connectivity index (χ1v) is 8.19. The van der Waals surface area contributed by atoms with Gasteiger partial charge in [0.15, 0.2) is 0 Å². The van der Waals surface area contributed by atoms with Crippen LogP contribution in [0.4, 0.5) is 5.69 Å². The maximum Gasteiger partial charge on any atom is 0.224 e. The maximum atomic E-state index is 12.3. The van der Waals surface area contributed by atoms with E-state index in [1.165, 1.54) is 4.88 Å². The molecule has 1 amide bonds. The summed E-state index contributed by atoms with van der Waals surface area (Å²) < 4.78 is 6.01. The summed E-state index contributed by atoms with van der Waals surface area (Å²) in [4.78, 5) is 15.6. The minimum Gasteiger partial charge on any atom is -0.373 e. The number of benzene rings is 1. The van der Waals surface area contributed by atoms with Gasteiger partial charge in [0, 0.05) is 29.9 Å². The van der Waals surface area contributed by atoms with E-state index in [1.54, 1.807) is 18.3 Å². The van der Waals surface area contributed by atoms with Crippen LogP contribution in [0.1, 0.15) is 35.9 Å². The Morgan fingerprint density at radius 1 is 1.29 bits per heavy atom. The molecule has 3 nitrogen and oxygen atoms in total. The van der Waals surface area contributed by atoms with Crippen molar-refractivity contribution in [2.24, 2.45) is 5.92 Å². The van der Waals surface area contributed by atoms with Crippen LogP contribution in [-0.2, 0) is 9.53 Å². The van der Waals surface area contributed by atoms with Crippen LogP contribution < -0.4 is 4.90 Å². The van der Waals surface area contributed by atoms with Gasteiger partial charge in [-0.25, -0.2) is 0 Å². The number of para-hydroxylation sites is 1. The van der Waals surface area contributed by atoms with Crippen LogP contribution in [0.5, 0.6) is 0 Å². The van der Waals surface area contributed by atoms with E-state index in [4.69, 9.17) is 4.74 Å². The van der Waals surface area contributed by atoms with E-state index in [0.717, 1.165) is 24.3 Å². The maximum absolute atomic E-state index is 12.3. The lowest BCUT2D eigenvalue weighted by Crippen LogP contribution is -2.42. The number of thiophene rings is 1. The molecule has 0 radical (unpaired) electrons. The van der Waals surface area contributed by atoms with Gasteiger partial charge in [-0.05, 0) is 23.9 Å². The van der Waals surface area contributed by atoms with Crippen molar-refractivity contribution in [3.63, 3.8) is 0 Å². The Morgan fingerprint density at radius 3 is 2.90 bits per heavy atom. The Morgan fingerprint density at radius 2 is 2.14 bits per heavy atom. The Bertz CT molecular complexity index is 667. The van der Waals surface area contributed by atoms with Gasteiger partial charge in [0.1, 0.15) is 0 Å². The van der Waals surface area contributed by atoms with E-state index in [-0.39, 0.29) is 18.1 Å². The molecule has 0 N–H and O–H groups in total. The number of ether oxygens (including phenoxy) is 1. The highest BCUT2D eigenvalue weighted by Crippen LogP contribution is 2.53. The average molecular weight is 299 g/mol. The van der Waals surface area contributed by atoms with E-state index < -0.39 is 0 Å². The van der Waals surface area contributed by atoms with E-state index >= 15 is 0 Å². The molecule has 21 heavy (non-hydrogen) atoms. The standard InChI is InChI=1S/C17H17NO2S/c1-11(19)18-14-6-3-2-5-12(14)17-13(8-9-20-17)16(18)15-7-4-10-21-15/h2-7,10,13,16-17H,8-9H2,1H3/t13-,16-,17+/m0/s1. The summed E-state index contributed by atoms with van der Waals surface area (Å²) in [7, 11) is 0. The normalized spacial score (nSPS) is 27.3. The van der Waals surface area contributed by atoms with Crippen molar-refractivity contribution >= 4 is 22.9 Å². The first-order chi connectivity index (χ1) is 10.3. The summed E-state index contributed by atoms with van der Waals surface area (Å²) in [5.41, 5.74) is 2.16. The van der Waals surface area contributed by atoms with E-state index in [1.807, 2.05) is 23.1 Å². The lowest BCUT2D eigenvalue weighted by Gasteiger charge is -2.42. The molecular weight excluding hydrogens is 282 g/mol. The summed E-state index contributed by atoms with van der Waals surface area (Å²) in [6.45, 7) is 2.44. The van der Waals surface area contributed by atoms with Crippen LogP contribution in [0.25, 0.3) is 0 Å². The molecule has 1 aromatic heterocycles. The van der Waals surface area contributed by atoms with Gasteiger partial charge in [-0.2, -0.15) is 0 Å². The van der Waals surface area contributed by atoms with Gasteiger partial charge < -0.3 is 9.64 Å². The first kappa shape index (κ1) is 13.0. The minimum atomic E-state index is 0.102. The number of amides is 1. The van der Waals surface area contributed by atoms with Gasteiger partial charge in [-0.1, -0.05) is 24.3 Å². The van der Waals surface area contributed by atoms with Crippen molar-refractivity contribution in [3.05, 3.63) is 52.2 Å². The predicted molar refractivity (Wildman–Crippen MR) is 83.5 cm³/mol. The van der Waals surface area contributed by atoms with Crippen molar-refractivity contribution in [1.29, 1.82) is 0 Å². The lowest BCUT2D eigenvalue weighted by atomic mass is 9.82. The molecule has 4 heteroatoms. The number of anilines is 1. The van der Waals surface area contributed by atoms with Crippen molar-refractivity contribution in [2.75, 3.05) is 11.5 Å². The molecule has 4 rings (SSSR count). The summed E-state index contributed by atoms with van der Waals surface area (Å²) in [5, 5.41) is 2.08. The zero-order valence-electron chi connectivity index (χ0n) is 11.9. The van der Waals surface area contributed by atoms with Crippen molar-refractivity contribution in [3.8, 4) is 0 Å². The average Bonchev–Trinajstić information content (AvgIpc) is 3.17. The highest BCUT2D eigenvalue weighted by atomic mass is 32.1. The largest absolute Gasteiger partial charge is 0.373 e. The Balaban J connectivity index is 1.91. The third-order valence-electron chi connectivity index (χ3n) is 4.50. The first-order valence-electron chi connectivity index (χ1n) is 7.31. The third kappa shape index (κ3) is 1.93. The number of hydrogen-bond acceptors (Lipinski definition) is 3. The Hall–Kier alpha value is -1.65. The second-order valence-electron chi connectivity index (χ2n) is 5.65. The second kappa shape index (κ2) is 4.97. The molecule has 3 atom stereocenters. The third-order valence-corrected chi connectivity index (χ3v) is 5.44. The van der Waals surface area contributed by atoms with Crippen LogP contribution >= 0.6 is 11.3 Å². The highest BCUT2D eigenvalue weighted by Gasteiger charge is 2.46. The monoisotopic (exact) mass is 299 g/mol. The predicted octanol–water partition coefficient (Wildman–Crippen LogP) is 3.93. The fourth-order valence-electron chi connectivity index (χ4n) is 3.70. The van der Waals surface area contributed by atoms with E-state index in [0.29, 0.717) is 5.92 Å².